The predicted octanol–water partition coefficient (Wildman–Crippen LogP) is 3.20. The highest BCUT2D eigenvalue weighted by molar-refractivity contribution is 7.19. The number of anilines is 1. The fourth-order valence-corrected chi connectivity index (χ4v) is 4.51. The summed E-state index contributed by atoms with van der Waals surface area (Å²) in [4.78, 5) is 22.9. The maximum absolute atomic E-state index is 11.1. The number of nitrogens with zero attached hydrogens (tertiary/aromatic N) is 2. The molecule has 4 rings (SSSR count). The zero-order valence-corrected chi connectivity index (χ0v) is 14.2. The number of rotatable bonds is 4. The molecule has 2 aromatic heterocycles. The summed E-state index contributed by atoms with van der Waals surface area (Å²) >= 11 is 1.80. The third-order valence-electron chi connectivity index (χ3n) is 4.37. The molecule has 0 radical (unpaired) electrons. The van der Waals surface area contributed by atoms with Crippen LogP contribution in [0.15, 0.2) is 24.3 Å². The predicted molar refractivity (Wildman–Crippen MR) is 96.5 cm³/mol. The molecule has 1 amide bonds. The Balaban J connectivity index is 1.63. The van der Waals surface area contributed by atoms with E-state index in [-0.39, 0.29) is 0 Å². The first-order valence-corrected chi connectivity index (χ1v) is 8.85. The van der Waals surface area contributed by atoms with Crippen molar-refractivity contribution >= 4 is 33.3 Å². The van der Waals surface area contributed by atoms with Gasteiger partial charge in [-0.05, 0) is 49.4 Å². The molecule has 24 heavy (non-hydrogen) atoms. The van der Waals surface area contributed by atoms with Gasteiger partial charge in [0, 0.05) is 17.0 Å². The van der Waals surface area contributed by atoms with E-state index in [2.05, 4.69) is 15.3 Å². The topological polar surface area (TPSA) is 80.9 Å². The summed E-state index contributed by atoms with van der Waals surface area (Å²) in [6.45, 7) is 2.58. The average Bonchev–Trinajstić information content (AvgIpc) is 3.13. The molecule has 0 unspecified atom stereocenters. The molecule has 0 spiro atoms. The van der Waals surface area contributed by atoms with E-state index in [1.807, 2.05) is 19.1 Å². The molecule has 5 nitrogen and oxygen atoms in total. The van der Waals surface area contributed by atoms with E-state index in [9.17, 15) is 4.79 Å². The van der Waals surface area contributed by atoms with Crippen molar-refractivity contribution in [1.82, 2.24) is 9.97 Å². The first kappa shape index (κ1) is 15.1. The Morgan fingerprint density at radius 1 is 1.25 bits per heavy atom. The van der Waals surface area contributed by atoms with Crippen molar-refractivity contribution in [3.8, 4) is 0 Å². The van der Waals surface area contributed by atoms with Crippen LogP contribution in [0.1, 0.15) is 38.6 Å². The first-order valence-electron chi connectivity index (χ1n) is 8.03. The van der Waals surface area contributed by atoms with Gasteiger partial charge >= 0.3 is 0 Å². The lowest BCUT2D eigenvalue weighted by atomic mass is 10.1. The third-order valence-corrected chi connectivity index (χ3v) is 5.56. The van der Waals surface area contributed by atoms with Gasteiger partial charge in [-0.2, -0.15) is 0 Å². The number of fused-ring (bicyclic) bond motifs is 3. The second kappa shape index (κ2) is 5.87. The lowest BCUT2D eigenvalue weighted by Crippen LogP contribution is -2.11. The smallest absolute Gasteiger partial charge is 0.248 e. The normalized spacial score (nSPS) is 13.2. The van der Waals surface area contributed by atoms with Crippen LogP contribution in [-0.4, -0.2) is 15.9 Å². The van der Waals surface area contributed by atoms with Crippen LogP contribution in [-0.2, 0) is 19.4 Å². The molecule has 0 fully saturated rings. The molecule has 1 aliphatic rings. The third kappa shape index (κ3) is 2.63. The number of amides is 1. The molecule has 3 aromatic rings. The van der Waals surface area contributed by atoms with Crippen LogP contribution < -0.4 is 11.1 Å². The highest BCUT2D eigenvalue weighted by atomic mass is 32.1. The van der Waals surface area contributed by atoms with Crippen molar-refractivity contribution in [3.63, 3.8) is 0 Å². The van der Waals surface area contributed by atoms with Crippen LogP contribution in [0.4, 0.5) is 5.82 Å². The second-order valence-corrected chi connectivity index (χ2v) is 7.16. The lowest BCUT2D eigenvalue weighted by molar-refractivity contribution is 0.100. The quantitative estimate of drug-likeness (QED) is 0.765. The average molecular weight is 338 g/mol. The Kier molecular flexibility index (Phi) is 3.69. The molecule has 0 saturated heterocycles. The Hall–Kier alpha value is -2.47. The minimum atomic E-state index is -0.406. The molecular weight excluding hydrogens is 320 g/mol. The van der Waals surface area contributed by atoms with E-state index in [1.165, 1.54) is 22.2 Å². The number of hydrogen-bond acceptors (Lipinski definition) is 5. The molecule has 0 bridgehead atoms. The molecule has 0 saturated carbocycles. The fraction of sp³-hybridized carbons (Fsp3) is 0.278. The molecule has 0 atom stereocenters. The van der Waals surface area contributed by atoms with Gasteiger partial charge in [0.25, 0.3) is 0 Å². The number of nitrogens with two attached hydrogens (primary N) is 1. The summed E-state index contributed by atoms with van der Waals surface area (Å²) in [5.74, 6) is 1.29. The van der Waals surface area contributed by atoms with Gasteiger partial charge in [0.1, 0.15) is 16.5 Å². The molecule has 1 aromatic carbocycles. The number of hydrogen-bond donors (Lipinski definition) is 2. The largest absolute Gasteiger partial charge is 0.366 e. The van der Waals surface area contributed by atoms with E-state index in [4.69, 9.17) is 5.73 Å². The minimum absolute atomic E-state index is 0.406. The summed E-state index contributed by atoms with van der Waals surface area (Å²) in [6.07, 6.45) is 3.49. The zero-order valence-electron chi connectivity index (χ0n) is 13.4. The molecule has 122 valence electrons. The van der Waals surface area contributed by atoms with Crippen molar-refractivity contribution in [2.75, 3.05) is 5.32 Å². The van der Waals surface area contributed by atoms with Crippen LogP contribution in [0.3, 0.4) is 0 Å². The minimum Gasteiger partial charge on any atom is -0.366 e. The SMILES string of the molecule is Cc1nc(NCc2ccc(C(N)=O)cc2)c2c3c(sc2n1)CCC3. The highest BCUT2D eigenvalue weighted by Crippen LogP contribution is 2.39. The van der Waals surface area contributed by atoms with E-state index in [0.717, 1.165) is 34.9 Å². The van der Waals surface area contributed by atoms with Crippen LogP contribution >= 0.6 is 11.3 Å². The Labute approximate surface area is 143 Å². The van der Waals surface area contributed by atoms with Crippen molar-refractivity contribution in [1.29, 1.82) is 0 Å². The van der Waals surface area contributed by atoms with Gasteiger partial charge < -0.3 is 11.1 Å². The zero-order chi connectivity index (χ0) is 16.7. The Morgan fingerprint density at radius 3 is 2.79 bits per heavy atom. The van der Waals surface area contributed by atoms with Crippen molar-refractivity contribution in [3.05, 3.63) is 51.7 Å². The van der Waals surface area contributed by atoms with Gasteiger partial charge in [-0.3, -0.25) is 4.79 Å². The Morgan fingerprint density at radius 2 is 2.04 bits per heavy atom. The van der Waals surface area contributed by atoms with Crippen LogP contribution in [0.5, 0.6) is 0 Å². The van der Waals surface area contributed by atoms with Gasteiger partial charge in [0.15, 0.2) is 0 Å². The molecule has 3 N–H and O–H groups in total. The second-order valence-electron chi connectivity index (χ2n) is 6.07. The summed E-state index contributed by atoms with van der Waals surface area (Å²) in [7, 11) is 0. The van der Waals surface area contributed by atoms with E-state index >= 15 is 0 Å². The van der Waals surface area contributed by atoms with Gasteiger partial charge in [-0.1, -0.05) is 12.1 Å². The molecular formula is C18H18N4OS. The van der Waals surface area contributed by atoms with Crippen LogP contribution in [0, 0.1) is 6.92 Å². The van der Waals surface area contributed by atoms with Gasteiger partial charge in [0.2, 0.25) is 5.91 Å². The number of primary amides is 1. The number of carbonyl (C=O) groups is 1. The van der Waals surface area contributed by atoms with Crippen LogP contribution in [0.2, 0.25) is 0 Å². The van der Waals surface area contributed by atoms with Crippen molar-refractivity contribution in [2.45, 2.75) is 32.7 Å². The summed E-state index contributed by atoms with van der Waals surface area (Å²) < 4.78 is 0. The summed E-state index contributed by atoms with van der Waals surface area (Å²) in [6, 6.07) is 7.33. The Bertz CT molecular complexity index is 930. The number of carbonyl (C=O) groups excluding carboxylic acids is 1. The van der Waals surface area contributed by atoms with E-state index < -0.39 is 5.91 Å². The van der Waals surface area contributed by atoms with Gasteiger partial charge in [-0.25, -0.2) is 9.97 Å². The first-order chi connectivity index (χ1) is 11.6. The lowest BCUT2D eigenvalue weighted by Gasteiger charge is -2.09. The monoisotopic (exact) mass is 338 g/mol. The van der Waals surface area contributed by atoms with E-state index in [0.29, 0.717) is 12.1 Å². The number of aryl methyl sites for hydroxylation is 3. The molecule has 0 aliphatic heterocycles. The maximum atomic E-state index is 11.1. The number of benzene rings is 1. The summed E-state index contributed by atoms with van der Waals surface area (Å²) in [5.41, 5.74) is 8.30. The molecule has 1 aliphatic carbocycles. The van der Waals surface area contributed by atoms with Crippen molar-refractivity contribution in [2.24, 2.45) is 5.73 Å². The molecule has 2 heterocycles. The maximum Gasteiger partial charge on any atom is 0.248 e. The number of thiophene rings is 1. The van der Waals surface area contributed by atoms with Gasteiger partial charge in [0.05, 0.1) is 5.39 Å². The standard InChI is InChI=1S/C18H18N4OS/c1-10-21-17(15-13-3-2-4-14(13)24-18(15)22-10)20-9-11-5-7-12(8-6-11)16(19)23/h5-8H,2-4,9H2,1H3,(H2,19,23)(H,20,21,22). The van der Waals surface area contributed by atoms with Crippen molar-refractivity contribution < 1.29 is 4.79 Å². The number of nitrogens with one attached hydrogen (secondary N) is 1. The highest BCUT2D eigenvalue weighted by Gasteiger charge is 2.21. The molecule has 6 heteroatoms. The van der Waals surface area contributed by atoms with E-state index in [1.54, 1.807) is 23.5 Å². The van der Waals surface area contributed by atoms with Gasteiger partial charge in [-0.15, -0.1) is 11.3 Å². The van der Waals surface area contributed by atoms with Crippen LogP contribution in [0.25, 0.3) is 10.2 Å². The fourth-order valence-electron chi connectivity index (χ4n) is 3.20. The number of aromatic nitrogens is 2. The summed E-state index contributed by atoms with van der Waals surface area (Å²) in [5, 5.41) is 4.64.